The van der Waals surface area contributed by atoms with Crippen LogP contribution in [0.2, 0.25) is 0 Å². The predicted molar refractivity (Wildman–Crippen MR) is 65.2 cm³/mol. The van der Waals surface area contributed by atoms with E-state index in [0.717, 1.165) is 43.8 Å². The van der Waals surface area contributed by atoms with Crippen LogP contribution in [0.15, 0.2) is 0 Å². The first-order valence-corrected chi connectivity index (χ1v) is 7.06. The second kappa shape index (κ2) is 6.02. The SMILES string of the molecule is CCC1CC(CC)C(CC2OCCCO2)C1. The lowest BCUT2D eigenvalue weighted by atomic mass is 9.90. The van der Waals surface area contributed by atoms with Gasteiger partial charge in [0.25, 0.3) is 0 Å². The number of hydrogen-bond acceptors (Lipinski definition) is 2. The summed E-state index contributed by atoms with van der Waals surface area (Å²) in [6.07, 6.45) is 7.81. The van der Waals surface area contributed by atoms with Crippen LogP contribution in [0.5, 0.6) is 0 Å². The Hall–Kier alpha value is -0.0800. The molecule has 2 aliphatic rings. The van der Waals surface area contributed by atoms with Crippen LogP contribution in [-0.2, 0) is 9.47 Å². The molecule has 1 saturated carbocycles. The van der Waals surface area contributed by atoms with Crippen LogP contribution < -0.4 is 0 Å². The molecule has 1 saturated heterocycles. The summed E-state index contributed by atoms with van der Waals surface area (Å²) in [6, 6.07) is 0. The minimum atomic E-state index is 0.100. The summed E-state index contributed by atoms with van der Waals surface area (Å²) >= 11 is 0. The van der Waals surface area contributed by atoms with E-state index in [1.165, 1.54) is 25.7 Å². The van der Waals surface area contributed by atoms with Crippen LogP contribution in [0.1, 0.15) is 52.4 Å². The Labute approximate surface area is 99.7 Å². The first kappa shape index (κ1) is 12.4. The third-order valence-corrected chi connectivity index (χ3v) is 4.43. The number of rotatable bonds is 4. The predicted octanol–water partition coefficient (Wildman–Crippen LogP) is 3.60. The summed E-state index contributed by atoms with van der Waals surface area (Å²) in [5.41, 5.74) is 0. The zero-order chi connectivity index (χ0) is 11.4. The van der Waals surface area contributed by atoms with E-state index in [0.29, 0.717) is 0 Å². The van der Waals surface area contributed by atoms with Crippen LogP contribution in [0.3, 0.4) is 0 Å². The highest BCUT2D eigenvalue weighted by Crippen LogP contribution is 2.42. The van der Waals surface area contributed by atoms with Gasteiger partial charge >= 0.3 is 0 Å². The van der Waals surface area contributed by atoms with Crippen molar-refractivity contribution in [1.29, 1.82) is 0 Å². The fraction of sp³-hybridized carbons (Fsp3) is 1.00. The molecule has 94 valence electrons. The Morgan fingerprint density at radius 2 is 1.62 bits per heavy atom. The molecule has 2 rings (SSSR count). The molecule has 3 unspecified atom stereocenters. The summed E-state index contributed by atoms with van der Waals surface area (Å²) in [6.45, 7) is 6.45. The molecule has 0 amide bonds. The van der Waals surface area contributed by atoms with E-state index < -0.39 is 0 Å². The van der Waals surface area contributed by atoms with Crippen molar-refractivity contribution in [3.63, 3.8) is 0 Å². The van der Waals surface area contributed by atoms with Crippen LogP contribution in [0.25, 0.3) is 0 Å². The van der Waals surface area contributed by atoms with Gasteiger partial charge in [-0.1, -0.05) is 26.7 Å². The quantitative estimate of drug-likeness (QED) is 0.729. The van der Waals surface area contributed by atoms with Crippen LogP contribution in [-0.4, -0.2) is 19.5 Å². The molecule has 2 heteroatoms. The fourth-order valence-corrected chi connectivity index (χ4v) is 3.38. The molecule has 0 spiro atoms. The van der Waals surface area contributed by atoms with E-state index in [2.05, 4.69) is 13.8 Å². The van der Waals surface area contributed by atoms with Gasteiger partial charge in [-0.25, -0.2) is 0 Å². The topological polar surface area (TPSA) is 18.5 Å². The normalized spacial score (nSPS) is 36.8. The van der Waals surface area contributed by atoms with E-state index >= 15 is 0 Å². The highest BCUT2D eigenvalue weighted by atomic mass is 16.7. The zero-order valence-corrected chi connectivity index (χ0v) is 10.8. The lowest BCUT2D eigenvalue weighted by Crippen LogP contribution is -2.28. The molecule has 0 N–H and O–H groups in total. The number of ether oxygens (including phenoxy) is 2. The first-order chi connectivity index (χ1) is 7.83. The van der Waals surface area contributed by atoms with Crippen molar-refractivity contribution < 1.29 is 9.47 Å². The second-order valence-electron chi connectivity index (χ2n) is 5.43. The van der Waals surface area contributed by atoms with Crippen molar-refractivity contribution >= 4 is 0 Å². The highest BCUT2D eigenvalue weighted by Gasteiger charge is 2.34. The van der Waals surface area contributed by atoms with E-state index in [1.54, 1.807) is 0 Å². The third-order valence-electron chi connectivity index (χ3n) is 4.43. The molecule has 0 aromatic rings. The van der Waals surface area contributed by atoms with Gasteiger partial charge < -0.3 is 9.47 Å². The Kier molecular flexibility index (Phi) is 4.66. The summed E-state index contributed by atoms with van der Waals surface area (Å²) in [7, 11) is 0. The Bertz CT molecular complexity index is 199. The average Bonchev–Trinajstić information content (AvgIpc) is 2.73. The maximum atomic E-state index is 5.68. The lowest BCUT2D eigenvalue weighted by molar-refractivity contribution is -0.187. The molecule has 2 nitrogen and oxygen atoms in total. The summed E-state index contributed by atoms with van der Waals surface area (Å²) in [5.74, 6) is 2.72. The molecule has 2 fully saturated rings. The summed E-state index contributed by atoms with van der Waals surface area (Å²) < 4.78 is 11.4. The average molecular weight is 226 g/mol. The summed E-state index contributed by atoms with van der Waals surface area (Å²) in [5, 5.41) is 0. The molecular formula is C14H26O2. The van der Waals surface area contributed by atoms with Gasteiger partial charge in [0.15, 0.2) is 6.29 Å². The van der Waals surface area contributed by atoms with Crippen LogP contribution >= 0.6 is 0 Å². The van der Waals surface area contributed by atoms with Gasteiger partial charge in [-0.3, -0.25) is 0 Å². The van der Waals surface area contributed by atoms with Crippen molar-refractivity contribution in [2.75, 3.05) is 13.2 Å². The van der Waals surface area contributed by atoms with Crippen molar-refractivity contribution in [3.05, 3.63) is 0 Å². The van der Waals surface area contributed by atoms with E-state index in [-0.39, 0.29) is 6.29 Å². The van der Waals surface area contributed by atoms with Gasteiger partial charge in [0.2, 0.25) is 0 Å². The monoisotopic (exact) mass is 226 g/mol. The van der Waals surface area contributed by atoms with Gasteiger partial charge in [0.1, 0.15) is 0 Å². The number of hydrogen-bond donors (Lipinski definition) is 0. The van der Waals surface area contributed by atoms with Crippen molar-refractivity contribution in [1.82, 2.24) is 0 Å². The van der Waals surface area contributed by atoms with Gasteiger partial charge in [0, 0.05) is 6.42 Å². The zero-order valence-electron chi connectivity index (χ0n) is 10.8. The van der Waals surface area contributed by atoms with Gasteiger partial charge in [-0.15, -0.1) is 0 Å². The Balaban J connectivity index is 1.82. The molecular weight excluding hydrogens is 200 g/mol. The highest BCUT2D eigenvalue weighted by molar-refractivity contribution is 4.83. The minimum Gasteiger partial charge on any atom is -0.353 e. The first-order valence-electron chi connectivity index (χ1n) is 7.06. The lowest BCUT2D eigenvalue weighted by Gasteiger charge is -2.27. The van der Waals surface area contributed by atoms with Crippen LogP contribution in [0.4, 0.5) is 0 Å². The van der Waals surface area contributed by atoms with Gasteiger partial charge in [-0.05, 0) is 37.0 Å². The largest absolute Gasteiger partial charge is 0.353 e. The smallest absolute Gasteiger partial charge is 0.157 e. The fourth-order valence-electron chi connectivity index (χ4n) is 3.38. The second-order valence-corrected chi connectivity index (χ2v) is 5.43. The van der Waals surface area contributed by atoms with Crippen molar-refractivity contribution in [3.8, 4) is 0 Å². The Morgan fingerprint density at radius 3 is 2.25 bits per heavy atom. The van der Waals surface area contributed by atoms with Gasteiger partial charge in [0.05, 0.1) is 13.2 Å². The van der Waals surface area contributed by atoms with Crippen LogP contribution in [0, 0.1) is 17.8 Å². The molecule has 1 aliphatic heterocycles. The molecule has 0 aromatic heterocycles. The molecule has 0 aromatic carbocycles. The molecule has 3 atom stereocenters. The van der Waals surface area contributed by atoms with Crippen molar-refractivity contribution in [2.24, 2.45) is 17.8 Å². The standard InChI is InChI=1S/C14H26O2/c1-3-11-8-12(4-2)13(9-11)10-14-15-6-5-7-16-14/h11-14H,3-10H2,1-2H3. The molecule has 0 radical (unpaired) electrons. The maximum Gasteiger partial charge on any atom is 0.157 e. The minimum absolute atomic E-state index is 0.100. The van der Waals surface area contributed by atoms with E-state index in [4.69, 9.17) is 9.47 Å². The third kappa shape index (κ3) is 2.98. The molecule has 0 bridgehead atoms. The maximum absolute atomic E-state index is 5.68. The Morgan fingerprint density at radius 1 is 0.938 bits per heavy atom. The molecule has 16 heavy (non-hydrogen) atoms. The van der Waals surface area contributed by atoms with Gasteiger partial charge in [-0.2, -0.15) is 0 Å². The van der Waals surface area contributed by atoms with E-state index in [9.17, 15) is 0 Å². The molecule has 1 aliphatic carbocycles. The summed E-state index contributed by atoms with van der Waals surface area (Å²) in [4.78, 5) is 0. The molecule has 1 heterocycles. The van der Waals surface area contributed by atoms with Crippen molar-refractivity contribution in [2.45, 2.75) is 58.7 Å². The van der Waals surface area contributed by atoms with E-state index in [1.807, 2.05) is 0 Å².